The van der Waals surface area contributed by atoms with E-state index in [1.165, 1.54) is 11.3 Å². The van der Waals surface area contributed by atoms with E-state index in [1.807, 2.05) is 11.8 Å². The van der Waals surface area contributed by atoms with Crippen LogP contribution in [-0.4, -0.2) is 12.3 Å². The first kappa shape index (κ1) is 13.2. The zero-order valence-electron chi connectivity index (χ0n) is 9.99. The van der Waals surface area contributed by atoms with Gasteiger partial charge in [0.05, 0.1) is 6.54 Å². The highest BCUT2D eigenvalue weighted by Gasteiger charge is 1.96. The molecule has 0 bridgehead atoms. The van der Waals surface area contributed by atoms with Crippen LogP contribution in [0.1, 0.15) is 25.0 Å². The summed E-state index contributed by atoms with van der Waals surface area (Å²) >= 11 is 1.98. The largest absolute Gasteiger partial charge is 0.320 e. The van der Waals surface area contributed by atoms with Crippen molar-refractivity contribution >= 4 is 11.8 Å². The molecule has 1 aromatic rings. The summed E-state index contributed by atoms with van der Waals surface area (Å²) in [5.41, 5.74) is 7.73. The van der Waals surface area contributed by atoms with Crippen molar-refractivity contribution in [2.75, 3.05) is 12.3 Å². The number of hydrogen-bond acceptors (Lipinski definition) is 2. The topological polar surface area (TPSA) is 26.0 Å². The van der Waals surface area contributed by atoms with Crippen LogP contribution in [0.4, 0.5) is 0 Å². The van der Waals surface area contributed by atoms with Crippen molar-refractivity contribution in [3.63, 3.8) is 0 Å². The number of rotatable bonds is 4. The molecule has 2 N–H and O–H groups in total. The van der Waals surface area contributed by atoms with E-state index in [4.69, 9.17) is 5.73 Å². The standard InChI is InChI=1S/C14H19NS/c1-12(2)10-16-11-14-7-5-13(6-8-14)4-3-9-15/h5-8,12H,9-11,15H2,1-2H3. The van der Waals surface area contributed by atoms with Crippen LogP contribution in [0.3, 0.4) is 0 Å². The number of nitrogens with two attached hydrogens (primary N) is 1. The van der Waals surface area contributed by atoms with Crippen molar-refractivity contribution in [2.24, 2.45) is 11.7 Å². The van der Waals surface area contributed by atoms with Crippen LogP contribution in [0.25, 0.3) is 0 Å². The molecular formula is C14H19NS. The average Bonchev–Trinajstić information content (AvgIpc) is 2.27. The Hall–Kier alpha value is -0.910. The molecule has 0 spiro atoms. The Morgan fingerprint density at radius 2 is 1.94 bits per heavy atom. The third kappa shape index (κ3) is 5.25. The summed E-state index contributed by atoms with van der Waals surface area (Å²) in [6.45, 7) is 4.92. The third-order valence-electron chi connectivity index (χ3n) is 2.01. The van der Waals surface area contributed by atoms with E-state index in [0.29, 0.717) is 6.54 Å². The van der Waals surface area contributed by atoms with Crippen molar-refractivity contribution in [3.05, 3.63) is 35.4 Å². The van der Waals surface area contributed by atoms with Gasteiger partial charge < -0.3 is 5.73 Å². The lowest BCUT2D eigenvalue weighted by Gasteiger charge is -2.04. The smallest absolute Gasteiger partial charge is 0.0555 e. The molecule has 0 aromatic heterocycles. The molecule has 0 fully saturated rings. The second-order valence-corrected chi connectivity index (χ2v) is 5.14. The van der Waals surface area contributed by atoms with Crippen LogP contribution in [0.5, 0.6) is 0 Å². The fraction of sp³-hybridized carbons (Fsp3) is 0.429. The summed E-state index contributed by atoms with van der Waals surface area (Å²) in [7, 11) is 0. The highest BCUT2D eigenvalue weighted by molar-refractivity contribution is 7.98. The summed E-state index contributed by atoms with van der Waals surface area (Å²) in [4.78, 5) is 0. The van der Waals surface area contributed by atoms with Gasteiger partial charge in [0, 0.05) is 11.3 Å². The molecule has 0 unspecified atom stereocenters. The van der Waals surface area contributed by atoms with E-state index in [2.05, 4.69) is 50.0 Å². The van der Waals surface area contributed by atoms with Gasteiger partial charge >= 0.3 is 0 Å². The maximum Gasteiger partial charge on any atom is 0.0555 e. The molecule has 0 saturated carbocycles. The number of hydrogen-bond donors (Lipinski definition) is 1. The fourth-order valence-corrected chi connectivity index (χ4v) is 2.27. The molecule has 0 aliphatic carbocycles. The predicted octanol–water partition coefficient (Wildman–Crippen LogP) is 2.89. The summed E-state index contributed by atoms with van der Waals surface area (Å²) in [6.07, 6.45) is 0. The van der Waals surface area contributed by atoms with Crippen molar-refractivity contribution in [1.29, 1.82) is 0 Å². The Morgan fingerprint density at radius 1 is 1.25 bits per heavy atom. The van der Waals surface area contributed by atoms with Gasteiger partial charge in [-0.05, 0) is 29.4 Å². The summed E-state index contributed by atoms with van der Waals surface area (Å²) < 4.78 is 0. The second kappa shape index (κ2) is 7.38. The monoisotopic (exact) mass is 233 g/mol. The van der Waals surface area contributed by atoms with E-state index < -0.39 is 0 Å². The molecule has 16 heavy (non-hydrogen) atoms. The van der Waals surface area contributed by atoms with Gasteiger partial charge in [-0.1, -0.05) is 37.8 Å². The molecule has 0 aliphatic rings. The molecule has 1 nitrogen and oxygen atoms in total. The highest BCUT2D eigenvalue weighted by Crippen LogP contribution is 2.15. The predicted molar refractivity (Wildman–Crippen MR) is 73.4 cm³/mol. The van der Waals surface area contributed by atoms with Gasteiger partial charge in [-0.2, -0.15) is 11.8 Å². The zero-order chi connectivity index (χ0) is 11.8. The molecule has 1 rings (SSSR count). The van der Waals surface area contributed by atoms with E-state index in [9.17, 15) is 0 Å². The Kier molecular flexibility index (Phi) is 6.07. The minimum absolute atomic E-state index is 0.423. The fourth-order valence-electron chi connectivity index (χ4n) is 1.25. The van der Waals surface area contributed by atoms with E-state index >= 15 is 0 Å². The molecule has 0 amide bonds. The van der Waals surface area contributed by atoms with Gasteiger partial charge in [0.1, 0.15) is 0 Å². The lowest BCUT2D eigenvalue weighted by atomic mass is 10.1. The van der Waals surface area contributed by atoms with Gasteiger partial charge in [0.15, 0.2) is 0 Å². The maximum absolute atomic E-state index is 5.32. The Balaban J connectivity index is 2.45. The molecule has 1 aromatic carbocycles. The first-order chi connectivity index (χ1) is 7.72. The molecule has 86 valence electrons. The van der Waals surface area contributed by atoms with Gasteiger partial charge in [-0.3, -0.25) is 0 Å². The molecule has 0 radical (unpaired) electrons. The zero-order valence-corrected chi connectivity index (χ0v) is 10.8. The van der Waals surface area contributed by atoms with Gasteiger partial charge in [-0.15, -0.1) is 0 Å². The average molecular weight is 233 g/mol. The van der Waals surface area contributed by atoms with Crippen molar-refractivity contribution in [3.8, 4) is 11.8 Å². The summed E-state index contributed by atoms with van der Waals surface area (Å²) in [5.74, 6) is 8.95. The first-order valence-corrected chi connectivity index (χ1v) is 6.73. The van der Waals surface area contributed by atoms with E-state index in [-0.39, 0.29) is 0 Å². The van der Waals surface area contributed by atoms with Crippen LogP contribution in [0.15, 0.2) is 24.3 Å². The van der Waals surface area contributed by atoms with Crippen molar-refractivity contribution < 1.29 is 0 Å². The van der Waals surface area contributed by atoms with Gasteiger partial charge in [0.2, 0.25) is 0 Å². The minimum Gasteiger partial charge on any atom is -0.320 e. The Labute approximate surface area is 103 Å². The van der Waals surface area contributed by atoms with Crippen LogP contribution >= 0.6 is 11.8 Å². The Morgan fingerprint density at radius 3 is 2.50 bits per heavy atom. The van der Waals surface area contributed by atoms with E-state index in [1.54, 1.807) is 0 Å². The van der Waals surface area contributed by atoms with Crippen LogP contribution in [-0.2, 0) is 5.75 Å². The van der Waals surface area contributed by atoms with Crippen LogP contribution < -0.4 is 5.73 Å². The molecule has 0 atom stereocenters. The Bertz CT molecular complexity index is 357. The summed E-state index contributed by atoms with van der Waals surface area (Å²) in [6, 6.07) is 8.42. The number of thioether (sulfide) groups is 1. The van der Waals surface area contributed by atoms with Crippen molar-refractivity contribution in [1.82, 2.24) is 0 Å². The lowest BCUT2D eigenvalue weighted by Crippen LogP contribution is -1.93. The molecule has 0 saturated heterocycles. The second-order valence-electron chi connectivity index (χ2n) is 4.11. The first-order valence-electron chi connectivity index (χ1n) is 5.58. The van der Waals surface area contributed by atoms with Gasteiger partial charge in [-0.25, -0.2) is 0 Å². The van der Waals surface area contributed by atoms with Crippen molar-refractivity contribution in [2.45, 2.75) is 19.6 Å². The normalized spacial score (nSPS) is 10.0. The quantitative estimate of drug-likeness (QED) is 0.809. The highest BCUT2D eigenvalue weighted by atomic mass is 32.2. The SMILES string of the molecule is CC(C)CSCc1ccc(C#CCN)cc1. The molecule has 2 heteroatoms. The number of benzene rings is 1. The summed E-state index contributed by atoms with van der Waals surface area (Å²) in [5, 5.41) is 0. The lowest BCUT2D eigenvalue weighted by molar-refractivity contribution is 0.750. The maximum atomic E-state index is 5.32. The molecular weight excluding hydrogens is 214 g/mol. The van der Waals surface area contributed by atoms with E-state index in [0.717, 1.165) is 17.2 Å². The minimum atomic E-state index is 0.423. The molecule has 0 aliphatic heterocycles. The van der Waals surface area contributed by atoms with Crippen LogP contribution in [0, 0.1) is 17.8 Å². The molecule has 0 heterocycles. The van der Waals surface area contributed by atoms with Gasteiger partial charge in [0.25, 0.3) is 0 Å². The third-order valence-corrected chi connectivity index (χ3v) is 3.45. The van der Waals surface area contributed by atoms with Crippen LogP contribution in [0.2, 0.25) is 0 Å².